The average Bonchev–Trinajstić information content (AvgIpc) is 2.94. The summed E-state index contributed by atoms with van der Waals surface area (Å²) in [6, 6.07) is 18.4. The number of hydrogen-bond donors (Lipinski definition) is 3. The lowest BCUT2D eigenvalue weighted by Crippen LogP contribution is -3.12. The van der Waals surface area contributed by atoms with Crippen molar-refractivity contribution in [2.75, 3.05) is 38.1 Å². The van der Waals surface area contributed by atoms with Crippen LogP contribution >= 0.6 is 0 Å². The van der Waals surface area contributed by atoms with E-state index in [0.29, 0.717) is 26.1 Å². The predicted octanol–water partition coefficient (Wildman–Crippen LogP) is 1.16. The Morgan fingerprint density at radius 2 is 1.95 bits per heavy atom. The molecule has 3 amide bonds. The Hall–Kier alpha value is -4.02. The van der Waals surface area contributed by atoms with Gasteiger partial charge in [-0.25, -0.2) is 14.8 Å². The number of quaternary nitrogens is 1. The van der Waals surface area contributed by atoms with Crippen LogP contribution in [0, 0.1) is 0 Å². The van der Waals surface area contributed by atoms with Gasteiger partial charge in [0.25, 0.3) is 0 Å². The predicted molar refractivity (Wildman–Crippen MR) is 140 cm³/mol. The quantitative estimate of drug-likeness (QED) is 0.466. The van der Waals surface area contributed by atoms with Crippen LogP contribution in [-0.4, -0.2) is 59.8 Å². The number of anilines is 1. The molecular formula is C28H34N6O4. The molecular weight excluding hydrogens is 484 g/mol. The zero-order valence-corrected chi connectivity index (χ0v) is 21.6. The maximum absolute atomic E-state index is 11.6. The number of hydrogen-bond acceptors (Lipinski definition) is 6. The van der Waals surface area contributed by atoms with Crippen molar-refractivity contribution in [1.29, 1.82) is 0 Å². The first-order valence-corrected chi connectivity index (χ1v) is 12.9. The Morgan fingerprint density at radius 1 is 1.16 bits per heavy atom. The molecule has 2 atom stereocenters. The summed E-state index contributed by atoms with van der Waals surface area (Å²) in [5.41, 5.74) is 5.12. The summed E-state index contributed by atoms with van der Waals surface area (Å²) in [6.07, 6.45) is 2.80. The van der Waals surface area contributed by atoms with Crippen molar-refractivity contribution in [2.45, 2.75) is 32.5 Å². The van der Waals surface area contributed by atoms with Crippen LogP contribution in [0.1, 0.15) is 35.4 Å². The first-order chi connectivity index (χ1) is 18.5. The lowest BCUT2D eigenvalue weighted by atomic mass is 10.1. The first-order valence-electron chi connectivity index (χ1n) is 12.9. The van der Waals surface area contributed by atoms with E-state index in [1.807, 2.05) is 31.2 Å². The van der Waals surface area contributed by atoms with E-state index in [1.54, 1.807) is 6.20 Å². The largest absolute Gasteiger partial charge is 0.530 e. The molecule has 3 heterocycles. The Balaban J connectivity index is 0.000000216. The second-order valence-corrected chi connectivity index (χ2v) is 9.26. The van der Waals surface area contributed by atoms with Crippen LogP contribution in [0.2, 0.25) is 0 Å². The smallest absolute Gasteiger partial charge is 0.319 e. The van der Waals surface area contributed by atoms with E-state index in [4.69, 9.17) is 4.74 Å². The number of carbonyl (C=O) groups is 2. The minimum Gasteiger partial charge on any atom is -0.530 e. The summed E-state index contributed by atoms with van der Waals surface area (Å²) < 4.78 is 5.97. The van der Waals surface area contributed by atoms with Gasteiger partial charge in [-0.1, -0.05) is 42.5 Å². The third-order valence-electron chi connectivity index (χ3n) is 6.55. The molecule has 1 fully saturated rings. The third-order valence-corrected chi connectivity index (χ3v) is 6.55. The maximum atomic E-state index is 11.6. The number of carboxylic acid groups (broad SMARTS) is 1. The van der Waals surface area contributed by atoms with E-state index < -0.39 is 6.09 Å². The SMILES string of the molecule is CCNC(=O)Nc1ccc(C2C[NH+](Cc3ccccc3)CCO2)cc1.O=C([O-])N1CCc2cncnc2C1. The molecule has 3 aromatic rings. The van der Waals surface area contributed by atoms with Gasteiger partial charge in [-0.2, -0.15) is 0 Å². The molecule has 38 heavy (non-hydrogen) atoms. The summed E-state index contributed by atoms with van der Waals surface area (Å²) >= 11 is 0. The van der Waals surface area contributed by atoms with Crippen molar-refractivity contribution in [3.05, 3.63) is 89.5 Å². The molecule has 0 bridgehead atoms. The van der Waals surface area contributed by atoms with Crippen molar-refractivity contribution in [3.63, 3.8) is 0 Å². The van der Waals surface area contributed by atoms with Gasteiger partial charge in [0.1, 0.15) is 38.2 Å². The zero-order valence-electron chi connectivity index (χ0n) is 21.6. The number of aromatic nitrogens is 2. The number of fused-ring (bicyclic) bond motifs is 1. The van der Waals surface area contributed by atoms with E-state index in [0.717, 1.165) is 48.7 Å². The highest BCUT2D eigenvalue weighted by Crippen LogP contribution is 2.20. The van der Waals surface area contributed by atoms with Crippen molar-refractivity contribution in [2.24, 2.45) is 0 Å². The average molecular weight is 519 g/mol. The van der Waals surface area contributed by atoms with Crippen molar-refractivity contribution < 1.29 is 24.3 Å². The van der Waals surface area contributed by atoms with Crippen LogP contribution in [0.15, 0.2) is 67.1 Å². The summed E-state index contributed by atoms with van der Waals surface area (Å²) in [5, 5.41) is 16.1. The third kappa shape index (κ3) is 7.74. The Bertz CT molecular complexity index is 1190. The van der Waals surface area contributed by atoms with Gasteiger partial charge in [0.15, 0.2) is 0 Å². The summed E-state index contributed by atoms with van der Waals surface area (Å²) in [4.78, 5) is 32.8. The maximum Gasteiger partial charge on any atom is 0.319 e. The molecule has 10 heteroatoms. The van der Waals surface area contributed by atoms with Crippen molar-refractivity contribution in [3.8, 4) is 0 Å². The van der Waals surface area contributed by atoms with E-state index in [2.05, 4.69) is 50.9 Å². The van der Waals surface area contributed by atoms with Gasteiger partial charge >= 0.3 is 6.03 Å². The highest BCUT2D eigenvalue weighted by molar-refractivity contribution is 5.89. The first kappa shape index (κ1) is 27.0. The van der Waals surface area contributed by atoms with E-state index >= 15 is 0 Å². The molecule has 0 aliphatic carbocycles. The van der Waals surface area contributed by atoms with Gasteiger partial charge in [-0.3, -0.25) is 0 Å². The highest BCUT2D eigenvalue weighted by atomic mass is 16.5. The molecule has 2 unspecified atom stereocenters. The molecule has 5 rings (SSSR count). The molecule has 1 saturated heterocycles. The molecule has 0 radical (unpaired) electrons. The minimum absolute atomic E-state index is 0.103. The number of nitrogens with zero attached hydrogens (tertiary/aromatic N) is 3. The van der Waals surface area contributed by atoms with Gasteiger partial charge < -0.3 is 35.1 Å². The summed E-state index contributed by atoms with van der Waals surface area (Å²) in [6.45, 7) is 7.08. The Labute approximate surface area is 222 Å². The minimum atomic E-state index is -1.13. The number of ether oxygens (including phenoxy) is 1. The molecule has 1 aromatic heterocycles. The highest BCUT2D eigenvalue weighted by Gasteiger charge is 2.25. The zero-order chi connectivity index (χ0) is 26.7. The number of urea groups is 1. The van der Waals surface area contributed by atoms with Crippen molar-refractivity contribution >= 4 is 17.8 Å². The molecule has 0 saturated carbocycles. The van der Waals surface area contributed by atoms with Crippen LogP contribution in [-0.2, 0) is 24.2 Å². The second kappa shape index (κ2) is 13.5. The summed E-state index contributed by atoms with van der Waals surface area (Å²) in [5.74, 6) is 0. The van der Waals surface area contributed by atoms with E-state index in [9.17, 15) is 14.7 Å². The molecule has 2 aromatic carbocycles. The molecule has 2 aliphatic heterocycles. The molecule has 3 N–H and O–H groups in total. The number of benzene rings is 2. The van der Waals surface area contributed by atoms with Crippen LogP contribution < -0.4 is 20.6 Å². The van der Waals surface area contributed by atoms with Crippen LogP contribution in [0.4, 0.5) is 15.3 Å². The monoisotopic (exact) mass is 518 g/mol. The summed E-state index contributed by atoms with van der Waals surface area (Å²) in [7, 11) is 0. The fourth-order valence-corrected chi connectivity index (χ4v) is 4.55. The topological polar surface area (TPSA) is 124 Å². The Kier molecular flexibility index (Phi) is 9.60. The number of carbonyl (C=O) groups excluding carboxylic acids is 2. The van der Waals surface area contributed by atoms with Gasteiger partial charge in [-0.15, -0.1) is 0 Å². The number of rotatable bonds is 5. The van der Waals surface area contributed by atoms with Gasteiger partial charge in [0.2, 0.25) is 0 Å². The van der Waals surface area contributed by atoms with Crippen molar-refractivity contribution in [1.82, 2.24) is 20.2 Å². The number of nitrogens with one attached hydrogen (secondary N) is 3. The molecule has 2 aliphatic rings. The lowest BCUT2D eigenvalue weighted by molar-refractivity contribution is -0.926. The molecule has 0 spiro atoms. The van der Waals surface area contributed by atoms with Gasteiger partial charge in [0.05, 0.1) is 18.8 Å². The second-order valence-electron chi connectivity index (χ2n) is 9.26. The number of amides is 3. The number of morpholine rings is 1. The van der Waals surface area contributed by atoms with Gasteiger partial charge in [0, 0.05) is 30.5 Å². The van der Waals surface area contributed by atoms with E-state index in [-0.39, 0.29) is 12.1 Å². The fraction of sp³-hybridized carbons (Fsp3) is 0.357. The Morgan fingerprint density at radius 3 is 2.68 bits per heavy atom. The standard InChI is InChI=1S/C20H25N3O2.C8H9N3O2/c1-2-21-20(24)22-18-10-8-17(9-11-18)19-15-23(12-13-25-19)14-16-6-4-3-5-7-16;12-8(13)11-2-1-6-3-9-5-10-7(6)4-11/h3-11,19H,2,12-15H2,1H3,(H2,21,22,24);3,5H,1-2,4H2,(H,12,13). The molecule has 200 valence electrons. The van der Waals surface area contributed by atoms with E-state index in [1.165, 1.54) is 21.7 Å². The van der Waals surface area contributed by atoms with Crippen LogP contribution in [0.25, 0.3) is 0 Å². The normalized spacial score (nSPS) is 18.4. The van der Waals surface area contributed by atoms with Gasteiger partial charge in [-0.05, 0) is 36.6 Å². The molecule has 10 nitrogen and oxygen atoms in total. The van der Waals surface area contributed by atoms with Crippen LogP contribution in [0.3, 0.4) is 0 Å². The lowest BCUT2D eigenvalue weighted by Gasteiger charge is -2.30. The fourth-order valence-electron chi connectivity index (χ4n) is 4.55. The van der Waals surface area contributed by atoms with Crippen LogP contribution in [0.5, 0.6) is 0 Å².